The van der Waals surface area contributed by atoms with E-state index in [2.05, 4.69) is 29.8 Å². The molecule has 0 bridgehead atoms. The summed E-state index contributed by atoms with van der Waals surface area (Å²) in [4.78, 5) is 10.5. The lowest BCUT2D eigenvalue weighted by molar-refractivity contribution is -0.385. The van der Waals surface area contributed by atoms with Crippen LogP contribution in [0.2, 0.25) is 0 Å². The Bertz CT molecular complexity index is 471. The second kappa shape index (κ2) is 8.37. The molecule has 1 aromatic rings. The molecule has 0 heterocycles. The molecule has 0 atom stereocenters. The number of nitro groups is 1. The second-order valence-corrected chi connectivity index (χ2v) is 6.19. The molecule has 0 spiro atoms. The molecule has 0 N–H and O–H groups in total. The Hall–Kier alpha value is -1.10. The number of ether oxygens (including phenoxy) is 1. The maximum atomic E-state index is 10.9. The van der Waals surface area contributed by atoms with Gasteiger partial charge in [0.2, 0.25) is 0 Å². The SMILES string of the molecule is CCCC(CBr)(CCC)COc1cc([N+](=O)[O-])ccc1C. The van der Waals surface area contributed by atoms with Crippen LogP contribution in [0.4, 0.5) is 5.69 Å². The number of benzene rings is 1. The Morgan fingerprint density at radius 3 is 2.38 bits per heavy atom. The van der Waals surface area contributed by atoms with E-state index in [4.69, 9.17) is 4.74 Å². The first-order chi connectivity index (χ1) is 9.98. The molecule has 0 unspecified atom stereocenters. The minimum Gasteiger partial charge on any atom is -0.492 e. The summed E-state index contributed by atoms with van der Waals surface area (Å²) in [5.41, 5.74) is 1.10. The number of non-ortho nitro benzene ring substituents is 1. The second-order valence-electron chi connectivity index (χ2n) is 5.63. The van der Waals surface area contributed by atoms with E-state index in [1.807, 2.05) is 6.92 Å². The van der Waals surface area contributed by atoms with Crippen LogP contribution in [0.1, 0.15) is 45.1 Å². The third-order valence-electron chi connectivity index (χ3n) is 3.76. The van der Waals surface area contributed by atoms with Crippen molar-refractivity contribution in [2.45, 2.75) is 46.5 Å². The van der Waals surface area contributed by atoms with Gasteiger partial charge in [0.25, 0.3) is 5.69 Å². The smallest absolute Gasteiger partial charge is 0.273 e. The summed E-state index contributed by atoms with van der Waals surface area (Å²) in [5.74, 6) is 0.613. The van der Waals surface area contributed by atoms with Gasteiger partial charge in [-0.2, -0.15) is 0 Å². The summed E-state index contributed by atoms with van der Waals surface area (Å²) in [7, 11) is 0. The molecule has 21 heavy (non-hydrogen) atoms. The van der Waals surface area contributed by atoms with E-state index in [1.54, 1.807) is 6.07 Å². The van der Waals surface area contributed by atoms with Gasteiger partial charge in [-0.05, 0) is 31.4 Å². The Kier molecular flexibility index (Phi) is 7.15. The molecular weight excluding hydrogens is 334 g/mol. The quantitative estimate of drug-likeness (QED) is 0.344. The van der Waals surface area contributed by atoms with Gasteiger partial charge in [-0.25, -0.2) is 0 Å². The lowest BCUT2D eigenvalue weighted by Crippen LogP contribution is -2.30. The Balaban J connectivity index is 2.88. The highest BCUT2D eigenvalue weighted by molar-refractivity contribution is 9.09. The fourth-order valence-electron chi connectivity index (χ4n) is 2.59. The lowest BCUT2D eigenvalue weighted by Gasteiger charge is -2.31. The third kappa shape index (κ3) is 4.99. The van der Waals surface area contributed by atoms with Crippen LogP contribution >= 0.6 is 15.9 Å². The number of hydrogen-bond acceptors (Lipinski definition) is 3. The first kappa shape index (κ1) is 18.0. The van der Waals surface area contributed by atoms with Crippen LogP contribution in [0.15, 0.2) is 18.2 Å². The zero-order valence-corrected chi connectivity index (χ0v) is 14.6. The van der Waals surface area contributed by atoms with Gasteiger partial charge in [-0.3, -0.25) is 10.1 Å². The van der Waals surface area contributed by atoms with Crippen LogP contribution in [-0.2, 0) is 0 Å². The largest absolute Gasteiger partial charge is 0.492 e. The zero-order valence-electron chi connectivity index (χ0n) is 13.0. The molecule has 0 radical (unpaired) electrons. The first-order valence-electron chi connectivity index (χ1n) is 7.42. The summed E-state index contributed by atoms with van der Waals surface area (Å²) in [6.07, 6.45) is 4.37. The normalized spacial score (nSPS) is 11.4. The zero-order chi connectivity index (χ0) is 15.9. The molecule has 0 aliphatic carbocycles. The molecule has 0 amide bonds. The molecule has 0 saturated carbocycles. The van der Waals surface area contributed by atoms with Gasteiger partial charge in [0.1, 0.15) is 5.75 Å². The first-order valence-corrected chi connectivity index (χ1v) is 8.54. The summed E-state index contributed by atoms with van der Waals surface area (Å²) in [6.45, 7) is 6.84. The van der Waals surface area contributed by atoms with Crippen LogP contribution in [0.5, 0.6) is 5.75 Å². The van der Waals surface area contributed by atoms with Crippen molar-refractivity contribution >= 4 is 21.6 Å². The third-order valence-corrected chi connectivity index (χ3v) is 4.95. The van der Waals surface area contributed by atoms with E-state index in [-0.39, 0.29) is 16.0 Å². The lowest BCUT2D eigenvalue weighted by atomic mass is 9.82. The van der Waals surface area contributed by atoms with Crippen LogP contribution < -0.4 is 4.74 Å². The van der Waals surface area contributed by atoms with Crippen molar-refractivity contribution in [1.29, 1.82) is 0 Å². The minimum absolute atomic E-state index is 0.0750. The highest BCUT2D eigenvalue weighted by atomic mass is 79.9. The molecule has 1 rings (SSSR count). The maximum Gasteiger partial charge on any atom is 0.273 e. The van der Waals surface area contributed by atoms with Crippen LogP contribution in [-0.4, -0.2) is 16.9 Å². The monoisotopic (exact) mass is 357 g/mol. The van der Waals surface area contributed by atoms with Crippen molar-refractivity contribution in [1.82, 2.24) is 0 Å². The number of aryl methyl sites for hydroxylation is 1. The summed E-state index contributed by atoms with van der Waals surface area (Å²) in [5, 5.41) is 11.8. The predicted molar refractivity (Wildman–Crippen MR) is 89.4 cm³/mol. The average Bonchev–Trinajstić information content (AvgIpc) is 2.46. The van der Waals surface area contributed by atoms with E-state index < -0.39 is 0 Å². The van der Waals surface area contributed by atoms with Gasteiger partial charge in [0, 0.05) is 16.8 Å². The van der Waals surface area contributed by atoms with Crippen molar-refractivity contribution in [2.75, 3.05) is 11.9 Å². The molecule has 0 aliphatic rings. The molecule has 0 fully saturated rings. The van der Waals surface area contributed by atoms with Crippen molar-refractivity contribution < 1.29 is 9.66 Å². The van der Waals surface area contributed by atoms with Crippen molar-refractivity contribution in [3.8, 4) is 5.75 Å². The van der Waals surface area contributed by atoms with Crippen LogP contribution in [0.3, 0.4) is 0 Å². The van der Waals surface area contributed by atoms with E-state index in [0.717, 1.165) is 36.6 Å². The highest BCUT2D eigenvalue weighted by Gasteiger charge is 2.28. The molecule has 5 heteroatoms. The Labute approximate surface area is 135 Å². The highest BCUT2D eigenvalue weighted by Crippen LogP contribution is 2.34. The summed E-state index contributed by atoms with van der Waals surface area (Å²) < 4.78 is 5.95. The van der Waals surface area contributed by atoms with Crippen LogP contribution in [0.25, 0.3) is 0 Å². The van der Waals surface area contributed by atoms with Crippen LogP contribution in [0, 0.1) is 22.5 Å². The molecule has 4 nitrogen and oxygen atoms in total. The van der Waals surface area contributed by atoms with E-state index in [1.165, 1.54) is 12.1 Å². The minimum atomic E-state index is -0.387. The number of alkyl halides is 1. The number of nitro benzene ring substituents is 1. The maximum absolute atomic E-state index is 10.9. The van der Waals surface area contributed by atoms with Gasteiger partial charge < -0.3 is 4.74 Å². The number of halogens is 1. The predicted octanol–water partition coefficient (Wildman–Crippen LogP) is 5.26. The topological polar surface area (TPSA) is 52.4 Å². The van der Waals surface area contributed by atoms with Crippen molar-refractivity contribution in [3.05, 3.63) is 33.9 Å². The van der Waals surface area contributed by atoms with Gasteiger partial charge in [0.15, 0.2) is 0 Å². The van der Waals surface area contributed by atoms with E-state index in [0.29, 0.717) is 12.4 Å². The van der Waals surface area contributed by atoms with Crippen molar-refractivity contribution in [2.24, 2.45) is 5.41 Å². The summed E-state index contributed by atoms with van der Waals surface area (Å²) >= 11 is 3.62. The molecule has 0 aliphatic heterocycles. The summed E-state index contributed by atoms with van der Waals surface area (Å²) in [6, 6.07) is 4.77. The molecular formula is C16H24BrNO3. The van der Waals surface area contributed by atoms with Gasteiger partial charge >= 0.3 is 0 Å². The number of nitrogens with zero attached hydrogens (tertiary/aromatic N) is 1. The van der Waals surface area contributed by atoms with Gasteiger partial charge in [-0.15, -0.1) is 0 Å². The van der Waals surface area contributed by atoms with E-state index >= 15 is 0 Å². The molecule has 0 aromatic heterocycles. The van der Waals surface area contributed by atoms with Gasteiger partial charge in [0.05, 0.1) is 17.6 Å². The average molecular weight is 358 g/mol. The fourth-order valence-corrected chi connectivity index (χ4v) is 3.31. The number of rotatable bonds is 9. The van der Waals surface area contributed by atoms with Crippen molar-refractivity contribution in [3.63, 3.8) is 0 Å². The number of hydrogen-bond donors (Lipinski definition) is 0. The van der Waals surface area contributed by atoms with E-state index in [9.17, 15) is 10.1 Å². The molecule has 0 saturated heterocycles. The van der Waals surface area contributed by atoms with Gasteiger partial charge in [-0.1, -0.05) is 42.6 Å². The molecule has 1 aromatic carbocycles. The fraction of sp³-hybridized carbons (Fsp3) is 0.625. The Morgan fingerprint density at radius 2 is 1.90 bits per heavy atom. The standard InChI is InChI=1S/C16H24BrNO3/c1-4-8-16(11-17,9-5-2)12-21-15-10-14(18(19)20)7-6-13(15)3/h6-7,10H,4-5,8-9,11-12H2,1-3H3. The Morgan fingerprint density at radius 1 is 1.29 bits per heavy atom. The molecule has 118 valence electrons.